The second-order valence-corrected chi connectivity index (χ2v) is 1.92. The van der Waals surface area contributed by atoms with Crippen molar-refractivity contribution in [2.75, 3.05) is 0 Å². The van der Waals surface area contributed by atoms with Gasteiger partial charge in [-0.3, -0.25) is 0 Å². The van der Waals surface area contributed by atoms with Gasteiger partial charge in [-0.1, -0.05) is 0 Å². The van der Waals surface area contributed by atoms with Gasteiger partial charge in [-0.25, -0.2) is 24.3 Å². The zero-order valence-electron chi connectivity index (χ0n) is 6.22. The van der Waals surface area contributed by atoms with Crippen molar-refractivity contribution in [3.63, 3.8) is 0 Å². The van der Waals surface area contributed by atoms with Gasteiger partial charge in [0.25, 0.3) is 0 Å². The Hall–Kier alpha value is -0.638. The van der Waals surface area contributed by atoms with E-state index in [-0.39, 0.29) is 20.4 Å². The van der Waals surface area contributed by atoms with Crippen LogP contribution in [-0.2, 0) is 20.4 Å². The number of rotatable bonds is 0. The molecule has 2 aromatic carbocycles. The van der Waals surface area contributed by atoms with Crippen molar-refractivity contribution in [3.05, 3.63) is 60.7 Å². The van der Waals surface area contributed by atoms with E-state index in [0.717, 1.165) is 0 Å². The molecule has 0 nitrogen and oxygen atoms in total. The van der Waals surface area contributed by atoms with Crippen LogP contribution in [0.1, 0.15) is 0 Å². The Kier molecular flexibility index (Phi) is 7.04. The molecule has 0 aliphatic rings. The zero-order chi connectivity index (χ0) is 7.07. The topological polar surface area (TPSA) is 0 Å². The molecule has 0 bridgehead atoms. The average molecular weight is 318 g/mol. The van der Waals surface area contributed by atoms with E-state index in [0.29, 0.717) is 0 Å². The Morgan fingerprint density at radius 3 is 0.909 bits per heavy atom. The van der Waals surface area contributed by atoms with Crippen molar-refractivity contribution in [3.8, 4) is 0 Å². The van der Waals surface area contributed by atoms with Gasteiger partial charge in [0.1, 0.15) is 0 Å². The average Bonchev–Trinajstić information content (AvgIpc) is 2.67. The van der Waals surface area contributed by atoms with E-state index in [2.05, 4.69) is 0 Å². The normalized spacial score (nSPS) is 7.27. The number of hydrogen-bond donors (Lipinski definition) is 0. The molecule has 0 saturated heterocycles. The van der Waals surface area contributed by atoms with Gasteiger partial charge in [0, 0.05) is 0 Å². The van der Waals surface area contributed by atoms with E-state index >= 15 is 0 Å². The SMILES string of the molecule is [ReH2].c1cc[cH-]c1.c1cc[cH-]c1. The van der Waals surface area contributed by atoms with Gasteiger partial charge < -0.3 is 0 Å². The number of hydrogen-bond acceptors (Lipinski definition) is 0. The molecule has 0 unspecified atom stereocenters. The summed E-state index contributed by atoms with van der Waals surface area (Å²) in [5, 5.41) is 0. The molecule has 2 rings (SSSR count). The van der Waals surface area contributed by atoms with Crippen LogP contribution in [0, 0.1) is 0 Å². The molecule has 0 aliphatic carbocycles. The van der Waals surface area contributed by atoms with Crippen LogP contribution in [0.4, 0.5) is 0 Å². The fourth-order valence-corrected chi connectivity index (χ4v) is 0.642. The summed E-state index contributed by atoms with van der Waals surface area (Å²) in [5.74, 6) is 0. The van der Waals surface area contributed by atoms with E-state index < -0.39 is 0 Å². The van der Waals surface area contributed by atoms with Crippen molar-refractivity contribution in [2.24, 2.45) is 0 Å². The van der Waals surface area contributed by atoms with Gasteiger partial charge in [0.05, 0.1) is 0 Å². The molecule has 0 atom stereocenters. The Labute approximate surface area is 81.3 Å². The second-order valence-electron chi connectivity index (χ2n) is 1.92. The standard InChI is InChI=1S/2C5H5.Re.2H/c2*1-2-4-5-3-1;;;/h2*1-5H;;;/q2*-1;;;. The van der Waals surface area contributed by atoms with Gasteiger partial charge in [-0.2, -0.15) is 36.4 Å². The summed E-state index contributed by atoms with van der Waals surface area (Å²) in [6.45, 7) is 0. The molecule has 1 radical (unpaired) electrons. The van der Waals surface area contributed by atoms with Crippen molar-refractivity contribution in [2.45, 2.75) is 0 Å². The largest absolute Gasteiger partial charge is 0.214 e. The Morgan fingerprint density at radius 2 is 0.818 bits per heavy atom. The van der Waals surface area contributed by atoms with E-state index in [1.807, 2.05) is 60.7 Å². The maximum atomic E-state index is 2.00. The van der Waals surface area contributed by atoms with Crippen LogP contribution < -0.4 is 0 Å². The molecule has 0 heterocycles. The van der Waals surface area contributed by atoms with E-state index in [9.17, 15) is 0 Å². The van der Waals surface area contributed by atoms with Gasteiger partial charge >= 0.3 is 20.4 Å². The minimum absolute atomic E-state index is 0. The molecule has 0 N–H and O–H groups in total. The van der Waals surface area contributed by atoms with Crippen LogP contribution in [-0.4, -0.2) is 0 Å². The van der Waals surface area contributed by atoms with Crippen molar-refractivity contribution < 1.29 is 20.4 Å². The summed E-state index contributed by atoms with van der Waals surface area (Å²) in [6, 6.07) is 20.0. The first-order chi connectivity index (χ1) is 5.00. The quantitative estimate of drug-likeness (QED) is 0.654. The van der Waals surface area contributed by atoms with Gasteiger partial charge in [-0.15, -0.1) is 0 Å². The first-order valence-electron chi connectivity index (χ1n) is 3.33. The third-order valence-corrected chi connectivity index (χ3v) is 1.11. The molecule has 0 amide bonds. The maximum absolute atomic E-state index is 2.00. The van der Waals surface area contributed by atoms with E-state index in [1.165, 1.54) is 0 Å². The molecule has 0 aromatic heterocycles. The summed E-state index contributed by atoms with van der Waals surface area (Å²) >= 11 is 0. The second kappa shape index (κ2) is 7.47. The van der Waals surface area contributed by atoms with Crippen molar-refractivity contribution in [1.82, 2.24) is 0 Å². The molecule has 0 saturated carbocycles. The first kappa shape index (κ1) is 10.4. The predicted octanol–water partition coefficient (Wildman–Crippen LogP) is 2.27. The van der Waals surface area contributed by atoms with Crippen LogP contribution >= 0.6 is 0 Å². The van der Waals surface area contributed by atoms with Crippen LogP contribution in [0.2, 0.25) is 0 Å². The minimum atomic E-state index is 0. The van der Waals surface area contributed by atoms with Crippen LogP contribution in [0.15, 0.2) is 60.7 Å². The van der Waals surface area contributed by atoms with E-state index in [1.54, 1.807) is 0 Å². The Morgan fingerprint density at radius 1 is 0.545 bits per heavy atom. The van der Waals surface area contributed by atoms with Crippen LogP contribution in [0.3, 0.4) is 0 Å². The monoisotopic (exact) mass is 319 g/mol. The molecule has 2 aromatic rings. The Bertz CT molecular complexity index is 144. The van der Waals surface area contributed by atoms with Crippen LogP contribution in [0.25, 0.3) is 0 Å². The molecule has 1 heteroatoms. The van der Waals surface area contributed by atoms with Crippen molar-refractivity contribution in [1.29, 1.82) is 0 Å². The molecule has 0 aliphatic heterocycles. The molecule has 11 heavy (non-hydrogen) atoms. The summed E-state index contributed by atoms with van der Waals surface area (Å²) in [6.07, 6.45) is 0. The van der Waals surface area contributed by atoms with Crippen LogP contribution in [0.5, 0.6) is 0 Å². The molecular formula is C10H12Re-2. The molecule has 61 valence electrons. The Balaban J connectivity index is 0.000000167. The molecule has 0 fully saturated rings. The first-order valence-corrected chi connectivity index (χ1v) is 3.33. The third-order valence-electron chi connectivity index (χ3n) is 1.11. The molecular weight excluding hydrogens is 306 g/mol. The zero-order valence-corrected chi connectivity index (χ0v) is 9.43. The predicted molar refractivity (Wildman–Crippen MR) is 46.9 cm³/mol. The summed E-state index contributed by atoms with van der Waals surface area (Å²) in [7, 11) is 0. The van der Waals surface area contributed by atoms with Crippen molar-refractivity contribution >= 4 is 0 Å². The van der Waals surface area contributed by atoms with Gasteiger partial charge in [0.2, 0.25) is 0 Å². The van der Waals surface area contributed by atoms with Gasteiger partial charge in [0.15, 0.2) is 0 Å². The summed E-state index contributed by atoms with van der Waals surface area (Å²) in [4.78, 5) is 0. The fraction of sp³-hybridized carbons (Fsp3) is 0. The van der Waals surface area contributed by atoms with Gasteiger partial charge in [-0.05, 0) is 0 Å². The summed E-state index contributed by atoms with van der Waals surface area (Å²) in [5.41, 5.74) is 0. The fourth-order valence-electron chi connectivity index (χ4n) is 0.642. The maximum Gasteiger partial charge on any atom is -0.172 e. The van der Waals surface area contributed by atoms with E-state index in [4.69, 9.17) is 0 Å². The smallest absolute Gasteiger partial charge is 0.172 e. The minimum Gasteiger partial charge on any atom is -0.214 e. The summed E-state index contributed by atoms with van der Waals surface area (Å²) < 4.78 is 0. The molecule has 0 spiro atoms. The third kappa shape index (κ3) is 5.79.